The monoisotopic (exact) mass is 519 g/mol. The molecule has 2 aromatic rings. The van der Waals surface area contributed by atoms with Crippen molar-refractivity contribution in [3.05, 3.63) is 54.1 Å². The number of hydrogen-bond acceptors (Lipinski definition) is 5. The van der Waals surface area contributed by atoms with E-state index in [1.54, 1.807) is 0 Å². The van der Waals surface area contributed by atoms with Gasteiger partial charge in [-0.05, 0) is 61.3 Å². The number of amides is 2. The largest absolute Gasteiger partial charge is 0.573 e. The number of halogens is 6. The van der Waals surface area contributed by atoms with Gasteiger partial charge in [0.1, 0.15) is 11.5 Å². The minimum Gasteiger partial charge on any atom is -0.473 e. The first-order valence-electron chi connectivity index (χ1n) is 11.1. The molecule has 2 aliphatic rings. The van der Waals surface area contributed by atoms with Gasteiger partial charge in [0, 0.05) is 12.1 Å². The number of carbonyl (C=O) groups is 1. The maximum Gasteiger partial charge on any atom is 0.573 e. The number of ether oxygens (including phenoxy) is 3. The van der Waals surface area contributed by atoms with Gasteiger partial charge in [-0.25, -0.2) is 4.79 Å². The first-order chi connectivity index (χ1) is 17.0. The second-order valence-corrected chi connectivity index (χ2v) is 8.36. The van der Waals surface area contributed by atoms with E-state index in [9.17, 15) is 31.1 Å². The van der Waals surface area contributed by atoms with Gasteiger partial charge in [0.15, 0.2) is 11.8 Å². The summed E-state index contributed by atoms with van der Waals surface area (Å²) in [6.07, 6.45) is -9.08. The SMILES string of the molecule is O=C(Nc1ccc(OC(F)(F)F)cc1)NC1CCCNC1Oc1cccc(C2(C(F)(F)F)CCO2)c1. The Morgan fingerprint density at radius 1 is 1.06 bits per heavy atom. The number of rotatable bonds is 6. The predicted molar refractivity (Wildman–Crippen MR) is 115 cm³/mol. The predicted octanol–water partition coefficient (Wildman–Crippen LogP) is 5.04. The summed E-state index contributed by atoms with van der Waals surface area (Å²) >= 11 is 0. The maximum atomic E-state index is 13.6. The van der Waals surface area contributed by atoms with Crippen LogP contribution in [0.1, 0.15) is 24.8 Å². The van der Waals surface area contributed by atoms with Crippen molar-refractivity contribution >= 4 is 11.7 Å². The van der Waals surface area contributed by atoms with Crippen LogP contribution in [0.5, 0.6) is 11.5 Å². The molecule has 2 fully saturated rings. The quantitative estimate of drug-likeness (QED) is 0.466. The molecule has 7 nitrogen and oxygen atoms in total. The molecule has 0 spiro atoms. The van der Waals surface area contributed by atoms with Crippen molar-refractivity contribution in [1.82, 2.24) is 10.6 Å². The van der Waals surface area contributed by atoms with Gasteiger partial charge < -0.3 is 24.8 Å². The molecule has 2 heterocycles. The number of piperidine rings is 1. The molecule has 0 aromatic heterocycles. The molecule has 2 amide bonds. The zero-order valence-electron chi connectivity index (χ0n) is 18.7. The molecule has 36 heavy (non-hydrogen) atoms. The van der Waals surface area contributed by atoms with Crippen LogP contribution in [-0.2, 0) is 10.3 Å². The minimum absolute atomic E-state index is 0.00790. The van der Waals surface area contributed by atoms with Gasteiger partial charge in [-0.1, -0.05) is 12.1 Å². The second-order valence-electron chi connectivity index (χ2n) is 8.36. The van der Waals surface area contributed by atoms with Gasteiger partial charge >= 0.3 is 18.6 Å². The molecule has 3 unspecified atom stereocenters. The summed E-state index contributed by atoms with van der Waals surface area (Å²) in [6, 6.07) is 9.03. The summed E-state index contributed by atoms with van der Waals surface area (Å²) in [6.45, 7) is 0.578. The van der Waals surface area contributed by atoms with E-state index in [-0.39, 0.29) is 30.0 Å². The third-order valence-electron chi connectivity index (χ3n) is 5.89. The van der Waals surface area contributed by atoms with Gasteiger partial charge in [-0.15, -0.1) is 13.2 Å². The van der Waals surface area contributed by atoms with Crippen LogP contribution in [0.4, 0.5) is 36.8 Å². The van der Waals surface area contributed by atoms with Crippen molar-refractivity contribution in [3.8, 4) is 11.5 Å². The Balaban J connectivity index is 1.38. The molecule has 0 radical (unpaired) electrons. The Kier molecular flexibility index (Phi) is 7.23. The van der Waals surface area contributed by atoms with E-state index in [2.05, 4.69) is 20.7 Å². The van der Waals surface area contributed by atoms with Gasteiger partial charge in [0.2, 0.25) is 0 Å². The van der Waals surface area contributed by atoms with Crippen molar-refractivity contribution in [2.75, 3.05) is 18.5 Å². The molecular weight excluding hydrogens is 496 g/mol. The maximum absolute atomic E-state index is 13.6. The highest BCUT2D eigenvalue weighted by Crippen LogP contribution is 2.50. The summed E-state index contributed by atoms with van der Waals surface area (Å²) in [5, 5.41) is 8.33. The van der Waals surface area contributed by atoms with Crippen LogP contribution in [0.25, 0.3) is 0 Å². The Labute approximate surface area is 202 Å². The van der Waals surface area contributed by atoms with E-state index in [4.69, 9.17) is 9.47 Å². The van der Waals surface area contributed by atoms with Crippen molar-refractivity contribution in [1.29, 1.82) is 0 Å². The highest BCUT2D eigenvalue weighted by molar-refractivity contribution is 5.89. The van der Waals surface area contributed by atoms with Crippen LogP contribution in [-0.4, -0.2) is 44.0 Å². The summed E-state index contributed by atoms with van der Waals surface area (Å²) in [7, 11) is 0. The lowest BCUT2D eigenvalue weighted by Gasteiger charge is -2.43. The molecule has 196 valence electrons. The molecular formula is C23H23F6N3O4. The normalized spacial score (nSPS) is 24.4. The minimum atomic E-state index is -4.83. The van der Waals surface area contributed by atoms with Crippen LogP contribution in [0.2, 0.25) is 0 Å². The molecule has 3 N–H and O–H groups in total. The lowest BCUT2D eigenvalue weighted by molar-refractivity contribution is -0.333. The van der Waals surface area contributed by atoms with E-state index in [0.29, 0.717) is 19.4 Å². The number of hydrogen-bond donors (Lipinski definition) is 3. The summed E-state index contributed by atoms with van der Waals surface area (Å²) in [5.74, 6) is -0.251. The van der Waals surface area contributed by atoms with E-state index >= 15 is 0 Å². The van der Waals surface area contributed by atoms with Crippen molar-refractivity contribution in [3.63, 3.8) is 0 Å². The average molecular weight is 519 g/mol. The molecule has 13 heteroatoms. The molecule has 0 aliphatic carbocycles. The van der Waals surface area contributed by atoms with Crippen LogP contribution in [0.15, 0.2) is 48.5 Å². The third-order valence-corrected chi connectivity index (χ3v) is 5.89. The summed E-state index contributed by atoms with van der Waals surface area (Å²) < 4.78 is 92.4. The Morgan fingerprint density at radius 2 is 1.78 bits per heavy atom. The fraction of sp³-hybridized carbons (Fsp3) is 0.435. The highest BCUT2D eigenvalue weighted by Gasteiger charge is 2.61. The van der Waals surface area contributed by atoms with Crippen molar-refractivity contribution in [2.45, 2.75) is 49.7 Å². The zero-order valence-corrected chi connectivity index (χ0v) is 18.7. The Hall–Kier alpha value is -3.19. The Morgan fingerprint density at radius 3 is 2.39 bits per heavy atom. The van der Waals surface area contributed by atoms with Crippen molar-refractivity contribution in [2.24, 2.45) is 0 Å². The molecule has 0 bridgehead atoms. The van der Waals surface area contributed by atoms with Gasteiger partial charge in [0.05, 0.1) is 12.6 Å². The van der Waals surface area contributed by atoms with Crippen molar-refractivity contribution < 1.29 is 45.3 Å². The molecule has 2 aliphatic heterocycles. The number of urea groups is 1. The Bertz CT molecular complexity index is 1060. The zero-order chi connectivity index (χ0) is 26.0. The first kappa shape index (κ1) is 25.9. The summed E-state index contributed by atoms with van der Waals surface area (Å²) in [4.78, 5) is 12.5. The van der Waals surface area contributed by atoms with E-state index in [0.717, 1.165) is 12.1 Å². The first-order valence-corrected chi connectivity index (χ1v) is 11.1. The van der Waals surface area contributed by atoms with Crippen LogP contribution >= 0.6 is 0 Å². The van der Waals surface area contributed by atoms with Gasteiger partial charge in [0.25, 0.3) is 0 Å². The lowest BCUT2D eigenvalue weighted by Crippen LogP contribution is -2.57. The van der Waals surface area contributed by atoms with E-state index in [1.807, 2.05) is 0 Å². The van der Waals surface area contributed by atoms with Crippen LogP contribution < -0.4 is 25.4 Å². The number of benzene rings is 2. The van der Waals surface area contributed by atoms with E-state index < -0.39 is 42.2 Å². The molecule has 2 saturated heterocycles. The number of alkyl halides is 6. The fourth-order valence-corrected chi connectivity index (χ4v) is 4.10. The highest BCUT2D eigenvalue weighted by atomic mass is 19.4. The van der Waals surface area contributed by atoms with Gasteiger partial charge in [-0.3, -0.25) is 5.32 Å². The second kappa shape index (κ2) is 10.1. The lowest BCUT2D eigenvalue weighted by atomic mass is 9.85. The third kappa shape index (κ3) is 5.95. The number of carbonyl (C=O) groups excluding carboxylic acids is 1. The van der Waals surface area contributed by atoms with Crippen LogP contribution in [0, 0.1) is 0 Å². The molecule has 3 atom stereocenters. The molecule has 4 rings (SSSR count). The fourth-order valence-electron chi connectivity index (χ4n) is 4.10. The van der Waals surface area contributed by atoms with Gasteiger partial charge in [-0.2, -0.15) is 13.2 Å². The number of nitrogens with one attached hydrogen (secondary N) is 3. The standard InChI is InChI=1S/C23H23F6N3O4/c24-22(25,26)21(10-12-34-21)14-3-1-4-17(13-14)35-19-18(5-2-11-30-19)32-20(33)31-15-6-8-16(9-7-15)36-23(27,28)29/h1,3-4,6-9,13,18-19,30H,2,5,10-12H2,(H2,31,32,33). The smallest absolute Gasteiger partial charge is 0.473 e. The molecule has 0 saturated carbocycles. The summed E-state index contributed by atoms with van der Waals surface area (Å²) in [5.41, 5.74) is -2.19. The van der Waals surface area contributed by atoms with E-state index in [1.165, 1.54) is 36.4 Å². The van der Waals surface area contributed by atoms with Crippen LogP contribution in [0.3, 0.4) is 0 Å². The number of anilines is 1. The molecule has 2 aromatic carbocycles. The average Bonchev–Trinajstić information content (AvgIpc) is 2.74. The topological polar surface area (TPSA) is 80.9 Å².